The minimum Gasteiger partial charge on any atom is -0.430 e. The lowest BCUT2D eigenvalue weighted by Gasteiger charge is -2.03. The Morgan fingerprint density at radius 3 is 2.62 bits per heavy atom. The Bertz CT molecular complexity index is 787. The number of sulfonamides is 1. The second-order valence-electron chi connectivity index (χ2n) is 4.12. The molecule has 0 aliphatic rings. The van der Waals surface area contributed by atoms with E-state index in [1.165, 1.54) is 12.1 Å². The Hall–Kier alpha value is -1.97. The molecule has 0 bridgehead atoms. The van der Waals surface area contributed by atoms with Gasteiger partial charge in [-0.05, 0) is 24.6 Å². The van der Waals surface area contributed by atoms with Crippen molar-refractivity contribution >= 4 is 27.3 Å². The number of amides is 1. The van der Waals surface area contributed by atoms with Crippen molar-refractivity contribution in [2.24, 2.45) is 5.14 Å². The molecule has 3 N–H and O–H groups in total. The van der Waals surface area contributed by atoms with Crippen molar-refractivity contribution in [2.45, 2.75) is 10.6 Å². The van der Waals surface area contributed by atoms with Crippen LogP contribution in [-0.2, 0) is 16.4 Å². The van der Waals surface area contributed by atoms with Crippen molar-refractivity contribution < 1.29 is 17.6 Å². The van der Waals surface area contributed by atoms with Gasteiger partial charge in [0.05, 0.1) is 5.56 Å². The summed E-state index contributed by atoms with van der Waals surface area (Å²) in [6, 6.07) is 5.61. The van der Waals surface area contributed by atoms with Gasteiger partial charge in [-0.15, -0.1) is 11.3 Å². The van der Waals surface area contributed by atoms with Crippen LogP contribution in [0.4, 0.5) is 0 Å². The normalized spacial score (nSPS) is 11.3. The summed E-state index contributed by atoms with van der Waals surface area (Å²) in [6.45, 7) is 0.322. The average Bonchev–Trinajstić information content (AvgIpc) is 2.88. The third-order valence-corrected chi connectivity index (χ3v) is 5.12. The maximum absolute atomic E-state index is 11.7. The predicted octanol–water partition coefficient (Wildman–Crippen LogP) is 0.321. The highest BCUT2D eigenvalue weighted by Crippen LogP contribution is 2.20. The molecule has 0 fully saturated rings. The third kappa shape index (κ3) is 4.25. The number of hydrogen-bond donors (Lipinski definition) is 2. The van der Waals surface area contributed by atoms with Crippen LogP contribution in [0.5, 0.6) is 0 Å². The molecule has 0 unspecified atom stereocenters. The fourth-order valence-corrected chi connectivity index (χ4v) is 3.31. The molecule has 0 aliphatic heterocycles. The van der Waals surface area contributed by atoms with Crippen LogP contribution in [0, 0.1) is 0 Å². The van der Waals surface area contributed by atoms with Crippen molar-refractivity contribution in [2.75, 3.05) is 6.54 Å². The SMILES string of the molecule is NS(=O)(=O)c1ccc(CCNC(=O)c2ccc(=O)oc2)s1. The zero-order chi connectivity index (χ0) is 15.5. The second-order valence-corrected chi connectivity index (χ2v) is 7.07. The highest BCUT2D eigenvalue weighted by Gasteiger charge is 2.11. The van der Waals surface area contributed by atoms with E-state index in [1.807, 2.05) is 0 Å². The minimum atomic E-state index is -3.68. The quantitative estimate of drug-likeness (QED) is 0.819. The molecule has 2 rings (SSSR count). The number of primary sulfonamides is 1. The molecule has 2 aromatic heterocycles. The van der Waals surface area contributed by atoms with Gasteiger partial charge in [0, 0.05) is 17.5 Å². The first-order valence-electron chi connectivity index (χ1n) is 5.85. The molecular formula is C12H12N2O5S2. The number of thiophene rings is 1. The van der Waals surface area contributed by atoms with Crippen molar-refractivity contribution in [1.82, 2.24) is 5.32 Å². The molecule has 0 radical (unpaired) electrons. The zero-order valence-corrected chi connectivity index (χ0v) is 12.4. The van der Waals surface area contributed by atoms with Crippen LogP contribution in [0.2, 0.25) is 0 Å². The summed E-state index contributed by atoms with van der Waals surface area (Å²) >= 11 is 1.07. The molecule has 0 saturated heterocycles. The molecular weight excluding hydrogens is 316 g/mol. The van der Waals surface area contributed by atoms with Crippen LogP contribution < -0.4 is 16.1 Å². The van der Waals surface area contributed by atoms with Gasteiger partial charge < -0.3 is 9.73 Å². The summed E-state index contributed by atoms with van der Waals surface area (Å²) < 4.78 is 26.9. The lowest BCUT2D eigenvalue weighted by atomic mass is 10.2. The first-order valence-corrected chi connectivity index (χ1v) is 8.21. The Morgan fingerprint density at radius 2 is 2.05 bits per heavy atom. The number of rotatable bonds is 5. The summed E-state index contributed by atoms with van der Waals surface area (Å²) in [6.07, 6.45) is 1.56. The predicted molar refractivity (Wildman–Crippen MR) is 76.7 cm³/mol. The van der Waals surface area contributed by atoms with Crippen LogP contribution in [-0.4, -0.2) is 20.9 Å². The van der Waals surface area contributed by atoms with Crippen LogP contribution in [0.15, 0.2) is 43.9 Å². The summed E-state index contributed by atoms with van der Waals surface area (Å²) in [5.41, 5.74) is -0.285. The van der Waals surface area contributed by atoms with Gasteiger partial charge in [-0.25, -0.2) is 18.4 Å². The minimum absolute atomic E-state index is 0.0914. The van der Waals surface area contributed by atoms with Crippen LogP contribution in [0.1, 0.15) is 15.2 Å². The summed E-state index contributed by atoms with van der Waals surface area (Å²) in [7, 11) is -3.68. The third-order valence-electron chi connectivity index (χ3n) is 2.54. The molecule has 0 saturated carbocycles. The van der Waals surface area contributed by atoms with Gasteiger partial charge in [0.2, 0.25) is 10.0 Å². The Morgan fingerprint density at radius 1 is 1.29 bits per heavy atom. The topological polar surface area (TPSA) is 119 Å². The van der Waals surface area contributed by atoms with Crippen LogP contribution in [0.25, 0.3) is 0 Å². The maximum Gasteiger partial charge on any atom is 0.335 e. The van der Waals surface area contributed by atoms with Crippen molar-refractivity contribution in [3.05, 3.63) is 51.4 Å². The van der Waals surface area contributed by atoms with E-state index in [0.29, 0.717) is 13.0 Å². The molecule has 0 aromatic carbocycles. The van der Waals surface area contributed by atoms with Gasteiger partial charge in [-0.1, -0.05) is 0 Å². The molecule has 7 nitrogen and oxygen atoms in total. The molecule has 2 aromatic rings. The largest absolute Gasteiger partial charge is 0.430 e. The smallest absolute Gasteiger partial charge is 0.335 e. The van der Waals surface area contributed by atoms with Gasteiger partial charge in [-0.2, -0.15) is 0 Å². The lowest BCUT2D eigenvalue weighted by molar-refractivity contribution is 0.0952. The molecule has 0 aliphatic carbocycles. The lowest BCUT2D eigenvalue weighted by Crippen LogP contribution is -2.25. The van der Waals surface area contributed by atoms with Crippen molar-refractivity contribution in [1.29, 1.82) is 0 Å². The maximum atomic E-state index is 11.7. The van der Waals surface area contributed by atoms with Crippen LogP contribution >= 0.6 is 11.3 Å². The van der Waals surface area contributed by atoms with Gasteiger partial charge in [-0.3, -0.25) is 4.79 Å². The van der Waals surface area contributed by atoms with Crippen molar-refractivity contribution in [3.63, 3.8) is 0 Å². The molecule has 0 spiro atoms. The Kier molecular flexibility index (Phi) is 4.56. The first kappa shape index (κ1) is 15.4. The van der Waals surface area contributed by atoms with Gasteiger partial charge in [0.15, 0.2) is 0 Å². The van der Waals surface area contributed by atoms with E-state index < -0.39 is 15.6 Å². The van der Waals surface area contributed by atoms with E-state index in [2.05, 4.69) is 9.73 Å². The van der Waals surface area contributed by atoms with Gasteiger partial charge in [0.1, 0.15) is 10.5 Å². The van der Waals surface area contributed by atoms with Gasteiger partial charge in [0.25, 0.3) is 5.91 Å². The summed E-state index contributed by atoms with van der Waals surface area (Å²) in [5.74, 6) is -0.373. The van der Waals surface area contributed by atoms with Gasteiger partial charge >= 0.3 is 5.63 Å². The summed E-state index contributed by atoms with van der Waals surface area (Å²) in [5, 5.41) is 7.65. The van der Waals surface area contributed by atoms with E-state index in [-0.39, 0.29) is 15.7 Å². The molecule has 0 atom stereocenters. The molecule has 1 amide bonds. The van der Waals surface area contributed by atoms with E-state index >= 15 is 0 Å². The molecule has 2 heterocycles. The Labute approximate surface area is 124 Å². The van der Waals surface area contributed by atoms with E-state index in [9.17, 15) is 18.0 Å². The highest BCUT2D eigenvalue weighted by atomic mass is 32.2. The molecule has 112 valence electrons. The first-order chi connectivity index (χ1) is 9.86. The molecule has 21 heavy (non-hydrogen) atoms. The number of nitrogens with two attached hydrogens (primary N) is 1. The average molecular weight is 328 g/mol. The van der Waals surface area contributed by atoms with Crippen molar-refractivity contribution in [3.8, 4) is 0 Å². The number of carbonyl (C=O) groups is 1. The van der Waals surface area contributed by atoms with E-state index in [4.69, 9.17) is 5.14 Å². The number of carbonyl (C=O) groups excluding carboxylic acids is 1. The standard InChI is InChI=1S/C12H12N2O5S2/c13-21(17,18)11-4-2-9(20-11)5-6-14-12(16)8-1-3-10(15)19-7-8/h1-4,7H,5-6H2,(H,14,16)(H2,13,17,18). The second kappa shape index (κ2) is 6.20. The van der Waals surface area contributed by atoms with Crippen LogP contribution in [0.3, 0.4) is 0 Å². The van der Waals surface area contributed by atoms with E-state index in [1.54, 1.807) is 6.07 Å². The fourth-order valence-electron chi connectivity index (χ4n) is 1.53. The summed E-state index contributed by atoms with van der Waals surface area (Å²) in [4.78, 5) is 23.3. The Balaban J connectivity index is 1.89. The zero-order valence-electron chi connectivity index (χ0n) is 10.7. The number of nitrogens with one attached hydrogen (secondary N) is 1. The molecule has 9 heteroatoms. The monoisotopic (exact) mass is 328 g/mol. The van der Waals surface area contributed by atoms with E-state index in [0.717, 1.165) is 28.5 Å². The highest BCUT2D eigenvalue weighted by molar-refractivity contribution is 7.91. The fraction of sp³-hybridized carbons (Fsp3) is 0.167. The number of hydrogen-bond acceptors (Lipinski definition) is 6.